The van der Waals surface area contributed by atoms with Gasteiger partial charge in [-0.05, 0) is 36.8 Å². The maximum atomic E-state index is 12.2. The first-order valence-corrected chi connectivity index (χ1v) is 12.1. The number of rotatable bonds is 7. The van der Waals surface area contributed by atoms with E-state index in [-0.39, 0.29) is 5.97 Å². The smallest absolute Gasteiger partial charge is 0.475 e. The molecule has 1 atom stereocenters. The van der Waals surface area contributed by atoms with E-state index in [0.29, 0.717) is 24.0 Å². The van der Waals surface area contributed by atoms with Gasteiger partial charge in [0, 0.05) is 48.8 Å². The number of carboxylic acids is 1. The van der Waals surface area contributed by atoms with Crippen molar-refractivity contribution < 1.29 is 37.0 Å². The Kier molecular flexibility index (Phi) is 9.89. The van der Waals surface area contributed by atoms with Gasteiger partial charge in [-0.15, -0.1) is 0 Å². The van der Waals surface area contributed by atoms with E-state index in [1.54, 1.807) is 24.7 Å². The molecule has 4 rings (SSSR count). The Hall–Kier alpha value is -3.16. The summed E-state index contributed by atoms with van der Waals surface area (Å²) in [4.78, 5) is 26.0. The molecular formula is C24H26BrF3N4O5. The minimum Gasteiger partial charge on any atom is -0.475 e. The van der Waals surface area contributed by atoms with Gasteiger partial charge in [0.15, 0.2) is 0 Å². The third-order valence-corrected chi connectivity index (χ3v) is 6.33. The third kappa shape index (κ3) is 8.44. The third-order valence-electron chi connectivity index (χ3n) is 5.80. The molecule has 1 saturated heterocycles. The Morgan fingerprint density at radius 2 is 1.84 bits per heavy atom. The second-order valence-corrected chi connectivity index (χ2v) is 9.14. The van der Waals surface area contributed by atoms with E-state index in [1.165, 1.54) is 5.56 Å². The Bertz CT molecular complexity index is 1140. The number of esters is 1. The number of H-pyrrole nitrogens is 1. The van der Waals surface area contributed by atoms with Crippen molar-refractivity contribution >= 4 is 27.9 Å². The fourth-order valence-corrected chi connectivity index (χ4v) is 3.92. The number of halogens is 4. The Balaban J connectivity index is 0.000000479. The average Bonchev–Trinajstić information content (AvgIpc) is 3.57. The van der Waals surface area contributed by atoms with Crippen LogP contribution in [0.2, 0.25) is 0 Å². The van der Waals surface area contributed by atoms with Crippen LogP contribution >= 0.6 is 15.9 Å². The monoisotopic (exact) mass is 586 g/mol. The first kappa shape index (κ1) is 28.4. The number of carbonyl (C=O) groups excluding carboxylic acids is 1. The molecule has 37 heavy (non-hydrogen) atoms. The van der Waals surface area contributed by atoms with Crippen LogP contribution in [0.15, 0.2) is 57.8 Å². The van der Waals surface area contributed by atoms with Gasteiger partial charge in [0.25, 0.3) is 0 Å². The van der Waals surface area contributed by atoms with Gasteiger partial charge < -0.3 is 14.3 Å². The fraction of sp³-hybridized carbons (Fsp3) is 0.375. The van der Waals surface area contributed by atoms with Crippen LogP contribution in [0.25, 0.3) is 11.3 Å². The summed E-state index contributed by atoms with van der Waals surface area (Å²) in [5.41, 5.74) is 3.15. The highest BCUT2D eigenvalue weighted by atomic mass is 79.9. The SMILES string of the molecule is CC(c1ccc(Br)cc1)N1CCN(CCOC(=O)c2cc(-c3ccoc3)n[nH]2)CC1.O=C(O)C(F)(F)F. The Morgan fingerprint density at radius 3 is 2.41 bits per heavy atom. The molecule has 1 aromatic carbocycles. The summed E-state index contributed by atoms with van der Waals surface area (Å²) in [6.45, 7) is 7.28. The van der Waals surface area contributed by atoms with Gasteiger partial charge in [-0.1, -0.05) is 28.1 Å². The van der Waals surface area contributed by atoms with E-state index >= 15 is 0 Å². The standard InChI is InChI=1S/C22H25BrN4O3.C2HF3O2/c1-16(17-2-4-19(23)5-3-17)27-9-7-26(8-10-27)11-13-30-22(28)21-14-20(24-25-21)18-6-12-29-15-18;3-2(4,5)1(6)7/h2-6,12,14-16H,7-11,13H2,1H3,(H,24,25);(H,6,7). The number of benzene rings is 1. The highest BCUT2D eigenvalue weighted by Gasteiger charge is 2.38. The molecule has 2 N–H and O–H groups in total. The molecule has 1 unspecified atom stereocenters. The van der Waals surface area contributed by atoms with Crippen molar-refractivity contribution in [2.75, 3.05) is 39.3 Å². The molecule has 13 heteroatoms. The zero-order valence-electron chi connectivity index (χ0n) is 19.9. The van der Waals surface area contributed by atoms with Gasteiger partial charge in [-0.25, -0.2) is 9.59 Å². The second-order valence-electron chi connectivity index (χ2n) is 8.22. The highest BCUT2D eigenvalue weighted by Crippen LogP contribution is 2.23. The minimum absolute atomic E-state index is 0.347. The number of hydrogen-bond acceptors (Lipinski definition) is 7. The summed E-state index contributed by atoms with van der Waals surface area (Å²) in [6.07, 6.45) is -1.93. The molecule has 1 fully saturated rings. The summed E-state index contributed by atoms with van der Waals surface area (Å²) >= 11 is 3.49. The number of nitrogens with zero attached hydrogens (tertiary/aromatic N) is 3. The minimum atomic E-state index is -5.08. The normalized spacial score (nSPS) is 15.5. The van der Waals surface area contributed by atoms with Crippen LogP contribution < -0.4 is 0 Å². The van der Waals surface area contributed by atoms with E-state index in [2.05, 4.69) is 67.1 Å². The Labute approximate surface area is 219 Å². The largest absolute Gasteiger partial charge is 0.490 e. The first-order chi connectivity index (χ1) is 17.5. The van der Waals surface area contributed by atoms with Crippen molar-refractivity contribution in [3.8, 4) is 11.3 Å². The number of nitrogens with one attached hydrogen (secondary N) is 1. The van der Waals surface area contributed by atoms with Crippen molar-refractivity contribution in [2.24, 2.45) is 0 Å². The van der Waals surface area contributed by atoms with Crippen LogP contribution in [-0.2, 0) is 9.53 Å². The molecule has 1 aliphatic heterocycles. The molecule has 0 bridgehead atoms. The number of aromatic nitrogens is 2. The number of piperazine rings is 1. The van der Waals surface area contributed by atoms with Crippen LogP contribution in [0.4, 0.5) is 13.2 Å². The predicted octanol–water partition coefficient (Wildman–Crippen LogP) is 4.60. The van der Waals surface area contributed by atoms with Gasteiger partial charge in [0.2, 0.25) is 0 Å². The van der Waals surface area contributed by atoms with Crippen molar-refractivity contribution in [2.45, 2.75) is 19.1 Å². The van der Waals surface area contributed by atoms with E-state index in [9.17, 15) is 18.0 Å². The number of carbonyl (C=O) groups is 2. The fourth-order valence-electron chi connectivity index (χ4n) is 3.66. The Morgan fingerprint density at radius 1 is 1.19 bits per heavy atom. The molecule has 200 valence electrons. The lowest BCUT2D eigenvalue weighted by Gasteiger charge is -2.38. The number of ether oxygens (including phenoxy) is 1. The van der Waals surface area contributed by atoms with Gasteiger partial charge in [-0.2, -0.15) is 18.3 Å². The summed E-state index contributed by atoms with van der Waals surface area (Å²) in [6, 6.07) is 12.4. The quantitative estimate of drug-likeness (QED) is 0.386. The van der Waals surface area contributed by atoms with Crippen molar-refractivity contribution in [3.05, 3.63) is 64.7 Å². The first-order valence-electron chi connectivity index (χ1n) is 11.3. The lowest BCUT2D eigenvalue weighted by Crippen LogP contribution is -2.48. The zero-order chi connectivity index (χ0) is 27.0. The van der Waals surface area contributed by atoms with Gasteiger partial charge in [0.1, 0.15) is 12.3 Å². The number of alkyl halides is 3. The molecule has 0 spiro atoms. The summed E-state index contributed by atoms with van der Waals surface area (Å²) in [7, 11) is 0. The molecule has 0 aliphatic carbocycles. The van der Waals surface area contributed by atoms with Crippen LogP contribution in [0.1, 0.15) is 29.0 Å². The molecule has 3 aromatic rings. The van der Waals surface area contributed by atoms with Crippen LogP contribution in [-0.4, -0.2) is 82.5 Å². The summed E-state index contributed by atoms with van der Waals surface area (Å²) in [5.74, 6) is -3.15. The molecule has 2 aromatic heterocycles. The second kappa shape index (κ2) is 12.9. The van der Waals surface area contributed by atoms with Crippen molar-refractivity contribution in [3.63, 3.8) is 0 Å². The van der Waals surface area contributed by atoms with E-state index in [4.69, 9.17) is 19.1 Å². The number of carboxylic acid groups (broad SMARTS) is 1. The molecular weight excluding hydrogens is 561 g/mol. The lowest BCUT2D eigenvalue weighted by atomic mass is 10.1. The number of aliphatic carboxylic acids is 1. The number of furan rings is 1. The lowest BCUT2D eigenvalue weighted by molar-refractivity contribution is -0.192. The van der Waals surface area contributed by atoms with Crippen molar-refractivity contribution in [1.82, 2.24) is 20.0 Å². The number of aromatic amines is 1. The highest BCUT2D eigenvalue weighted by molar-refractivity contribution is 9.10. The van der Waals surface area contributed by atoms with E-state index in [0.717, 1.165) is 42.8 Å². The van der Waals surface area contributed by atoms with E-state index in [1.807, 2.05) is 0 Å². The van der Waals surface area contributed by atoms with Crippen molar-refractivity contribution in [1.29, 1.82) is 0 Å². The molecule has 3 heterocycles. The van der Waals surface area contributed by atoms with Gasteiger partial charge in [0.05, 0.1) is 18.2 Å². The zero-order valence-corrected chi connectivity index (χ0v) is 21.5. The molecule has 9 nitrogen and oxygen atoms in total. The predicted molar refractivity (Wildman–Crippen MR) is 131 cm³/mol. The summed E-state index contributed by atoms with van der Waals surface area (Å²) < 4.78 is 43.3. The maximum absolute atomic E-state index is 12.2. The average molecular weight is 587 g/mol. The molecule has 1 aliphatic rings. The van der Waals surface area contributed by atoms with E-state index < -0.39 is 12.1 Å². The van der Waals surface area contributed by atoms with Gasteiger partial charge in [-0.3, -0.25) is 14.9 Å². The maximum Gasteiger partial charge on any atom is 0.490 e. The van der Waals surface area contributed by atoms with Crippen LogP contribution in [0.3, 0.4) is 0 Å². The number of hydrogen-bond donors (Lipinski definition) is 2. The molecule has 0 saturated carbocycles. The summed E-state index contributed by atoms with van der Waals surface area (Å²) in [5, 5.41) is 14.0. The van der Waals surface area contributed by atoms with Crippen LogP contribution in [0, 0.1) is 0 Å². The molecule has 0 amide bonds. The van der Waals surface area contributed by atoms with Gasteiger partial charge >= 0.3 is 18.1 Å². The topological polar surface area (TPSA) is 112 Å². The van der Waals surface area contributed by atoms with Crippen LogP contribution in [0.5, 0.6) is 0 Å². The molecule has 0 radical (unpaired) electrons.